The lowest BCUT2D eigenvalue weighted by Crippen LogP contribution is -2.15. The summed E-state index contributed by atoms with van der Waals surface area (Å²) in [6.45, 7) is 11.1. The first-order valence-electron chi connectivity index (χ1n) is 4.84. The van der Waals surface area contributed by atoms with Crippen LogP contribution in [0.5, 0.6) is 0 Å². The lowest BCUT2D eigenvalue weighted by Gasteiger charge is -2.27. The Morgan fingerprint density at radius 1 is 1.31 bits per heavy atom. The second-order valence-corrected chi connectivity index (χ2v) is 4.82. The molecule has 0 fully saturated rings. The Morgan fingerprint density at radius 3 is 2.38 bits per heavy atom. The molecule has 0 radical (unpaired) electrons. The molecule has 13 heavy (non-hydrogen) atoms. The van der Waals surface area contributed by atoms with E-state index in [4.69, 9.17) is 0 Å². The van der Waals surface area contributed by atoms with Gasteiger partial charge in [0.15, 0.2) is 0 Å². The quantitative estimate of drug-likeness (QED) is 0.639. The van der Waals surface area contributed by atoms with Crippen molar-refractivity contribution in [2.45, 2.75) is 40.5 Å². The summed E-state index contributed by atoms with van der Waals surface area (Å²) in [4.78, 5) is 4.20. The van der Waals surface area contributed by atoms with Gasteiger partial charge in [-0.1, -0.05) is 27.7 Å². The number of hydrogen-bond donors (Lipinski definition) is 0. The molecule has 0 N–H and O–H groups in total. The molecule has 0 amide bonds. The molecule has 0 saturated heterocycles. The molecule has 0 spiro atoms. The third-order valence-corrected chi connectivity index (χ3v) is 2.72. The van der Waals surface area contributed by atoms with Crippen LogP contribution in [0.2, 0.25) is 0 Å². The molecule has 0 bridgehead atoms. The van der Waals surface area contributed by atoms with E-state index in [1.54, 1.807) is 0 Å². The van der Waals surface area contributed by atoms with Crippen LogP contribution in [0.25, 0.3) is 0 Å². The Kier molecular flexibility index (Phi) is 2.74. The summed E-state index contributed by atoms with van der Waals surface area (Å²) in [5.74, 6) is 0.578. The fourth-order valence-corrected chi connectivity index (χ4v) is 1.34. The summed E-state index contributed by atoms with van der Waals surface area (Å²) in [6, 6.07) is 4.29. The Hall–Kier alpha value is -0.850. The Morgan fingerprint density at radius 2 is 1.92 bits per heavy atom. The molecule has 1 nitrogen and oxygen atoms in total. The van der Waals surface area contributed by atoms with Gasteiger partial charge in [-0.3, -0.25) is 4.98 Å². The number of aryl methyl sites for hydroxylation is 1. The van der Waals surface area contributed by atoms with Gasteiger partial charge in [0.2, 0.25) is 0 Å². The van der Waals surface area contributed by atoms with Gasteiger partial charge < -0.3 is 0 Å². The van der Waals surface area contributed by atoms with Crippen molar-refractivity contribution < 1.29 is 0 Å². The number of aromatic nitrogens is 1. The van der Waals surface area contributed by atoms with Crippen molar-refractivity contribution in [3.05, 3.63) is 29.6 Å². The van der Waals surface area contributed by atoms with E-state index in [1.165, 1.54) is 5.56 Å². The Bertz CT molecular complexity index is 283. The minimum Gasteiger partial charge on any atom is -0.262 e. The van der Waals surface area contributed by atoms with E-state index in [2.05, 4.69) is 44.8 Å². The molecule has 1 rings (SSSR count). The topological polar surface area (TPSA) is 12.9 Å². The first kappa shape index (κ1) is 10.2. The number of rotatable bonds is 1. The summed E-state index contributed by atoms with van der Waals surface area (Å²) < 4.78 is 0. The maximum absolute atomic E-state index is 4.20. The summed E-state index contributed by atoms with van der Waals surface area (Å²) in [6.07, 6.45) is 1.90. The highest BCUT2D eigenvalue weighted by atomic mass is 14.6. The molecule has 1 atom stereocenters. The van der Waals surface area contributed by atoms with Crippen LogP contribution in [0.1, 0.15) is 44.9 Å². The van der Waals surface area contributed by atoms with Crippen molar-refractivity contribution >= 4 is 0 Å². The fourth-order valence-electron chi connectivity index (χ4n) is 1.34. The lowest BCUT2D eigenvalue weighted by molar-refractivity contribution is 0.339. The van der Waals surface area contributed by atoms with Crippen LogP contribution in [-0.4, -0.2) is 4.98 Å². The van der Waals surface area contributed by atoms with Gasteiger partial charge in [-0.25, -0.2) is 0 Å². The molecule has 1 heterocycles. The molecule has 1 heteroatoms. The third kappa shape index (κ3) is 2.55. The summed E-state index contributed by atoms with van der Waals surface area (Å²) in [5.41, 5.74) is 2.82. The highest BCUT2D eigenvalue weighted by Crippen LogP contribution is 2.34. The highest BCUT2D eigenvalue weighted by Gasteiger charge is 2.21. The van der Waals surface area contributed by atoms with Crippen molar-refractivity contribution in [3.8, 4) is 0 Å². The Balaban J connectivity index is 2.96. The minimum atomic E-state index is 0.327. The van der Waals surface area contributed by atoms with Gasteiger partial charge in [0.25, 0.3) is 0 Å². The minimum absolute atomic E-state index is 0.327. The molecular weight excluding hydrogens is 158 g/mol. The first-order chi connectivity index (χ1) is 5.91. The zero-order valence-corrected chi connectivity index (χ0v) is 9.26. The van der Waals surface area contributed by atoms with E-state index in [0.717, 1.165) is 5.69 Å². The average Bonchev–Trinajstić information content (AvgIpc) is 2.01. The monoisotopic (exact) mass is 177 g/mol. The van der Waals surface area contributed by atoms with E-state index in [9.17, 15) is 0 Å². The van der Waals surface area contributed by atoms with Crippen molar-refractivity contribution in [1.82, 2.24) is 4.98 Å². The molecule has 1 aromatic heterocycles. The normalized spacial score (nSPS) is 14.2. The van der Waals surface area contributed by atoms with Gasteiger partial charge in [-0.05, 0) is 36.0 Å². The molecule has 1 aromatic rings. The van der Waals surface area contributed by atoms with Crippen molar-refractivity contribution in [2.24, 2.45) is 5.41 Å². The largest absolute Gasteiger partial charge is 0.262 e. The SMILES string of the molecule is Cc1cc(C(C)C(C)(C)C)ccn1. The zero-order valence-electron chi connectivity index (χ0n) is 9.26. The van der Waals surface area contributed by atoms with Crippen molar-refractivity contribution in [2.75, 3.05) is 0 Å². The number of hydrogen-bond acceptors (Lipinski definition) is 1. The first-order valence-corrected chi connectivity index (χ1v) is 4.84. The van der Waals surface area contributed by atoms with E-state index in [1.807, 2.05) is 13.1 Å². The van der Waals surface area contributed by atoms with Crippen molar-refractivity contribution in [1.29, 1.82) is 0 Å². The highest BCUT2D eigenvalue weighted by molar-refractivity contribution is 5.20. The average molecular weight is 177 g/mol. The molecule has 0 saturated carbocycles. The molecule has 0 aromatic carbocycles. The van der Waals surface area contributed by atoms with Crippen LogP contribution in [0, 0.1) is 12.3 Å². The van der Waals surface area contributed by atoms with Gasteiger partial charge in [-0.2, -0.15) is 0 Å². The van der Waals surface area contributed by atoms with Crippen LogP contribution in [0.3, 0.4) is 0 Å². The second-order valence-electron chi connectivity index (χ2n) is 4.82. The predicted molar refractivity (Wildman–Crippen MR) is 56.8 cm³/mol. The van der Waals surface area contributed by atoms with Crippen LogP contribution >= 0.6 is 0 Å². The van der Waals surface area contributed by atoms with E-state index < -0.39 is 0 Å². The van der Waals surface area contributed by atoms with Gasteiger partial charge >= 0.3 is 0 Å². The molecular formula is C12H19N. The van der Waals surface area contributed by atoms with Gasteiger partial charge in [0.1, 0.15) is 0 Å². The second kappa shape index (κ2) is 3.49. The lowest BCUT2D eigenvalue weighted by atomic mass is 9.78. The number of nitrogens with zero attached hydrogens (tertiary/aromatic N) is 1. The summed E-state index contributed by atoms with van der Waals surface area (Å²) >= 11 is 0. The van der Waals surface area contributed by atoms with Gasteiger partial charge in [-0.15, -0.1) is 0 Å². The third-order valence-electron chi connectivity index (χ3n) is 2.72. The smallest absolute Gasteiger partial charge is 0.0375 e. The molecule has 1 unspecified atom stereocenters. The molecule has 0 aliphatic carbocycles. The van der Waals surface area contributed by atoms with E-state index >= 15 is 0 Å². The van der Waals surface area contributed by atoms with E-state index in [-0.39, 0.29) is 0 Å². The standard InChI is InChI=1S/C12H19N/c1-9-8-11(6-7-13-9)10(2)12(3,4)5/h6-8,10H,1-5H3. The van der Waals surface area contributed by atoms with E-state index in [0.29, 0.717) is 11.3 Å². The summed E-state index contributed by atoms with van der Waals surface area (Å²) in [7, 11) is 0. The maximum Gasteiger partial charge on any atom is 0.0375 e. The van der Waals surface area contributed by atoms with Crippen LogP contribution in [-0.2, 0) is 0 Å². The number of pyridine rings is 1. The van der Waals surface area contributed by atoms with Gasteiger partial charge in [0, 0.05) is 11.9 Å². The van der Waals surface area contributed by atoms with Crippen LogP contribution < -0.4 is 0 Å². The van der Waals surface area contributed by atoms with Crippen LogP contribution in [0.4, 0.5) is 0 Å². The zero-order chi connectivity index (χ0) is 10.1. The molecule has 0 aliphatic heterocycles. The Labute approximate surface area is 81.2 Å². The predicted octanol–water partition coefficient (Wildman–Crippen LogP) is 3.54. The molecule has 72 valence electrons. The maximum atomic E-state index is 4.20. The van der Waals surface area contributed by atoms with Gasteiger partial charge in [0.05, 0.1) is 0 Å². The fraction of sp³-hybridized carbons (Fsp3) is 0.583. The van der Waals surface area contributed by atoms with Crippen LogP contribution in [0.15, 0.2) is 18.3 Å². The summed E-state index contributed by atoms with van der Waals surface area (Å²) in [5, 5.41) is 0. The molecule has 0 aliphatic rings. The van der Waals surface area contributed by atoms with Crippen molar-refractivity contribution in [3.63, 3.8) is 0 Å².